The molecule has 0 radical (unpaired) electrons. The summed E-state index contributed by atoms with van der Waals surface area (Å²) in [4.78, 5) is 19.0. The van der Waals surface area contributed by atoms with Gasteiger partial charge in [-0.25, -0.2) is 4.98 Å². The molecule has 1 N–H and O–H groups in total. The zero-order valence-corrected chi connectivity index (χ0v) is 16.8. The van der Waals surface area contributed by atoms with Crippen LogP contribution in [0.25, 0.3) is 0 Å². The van der Waals surface area contributed by atoms with Gasteiger partial charge in [-0.15, -0.1) is 0 Å². The summed E-state index contributed by atoms with van der Waals surface area (Å²) in [6.07, 6.45) is 11.1. The molecule has 1 aliphatic heterocycles. The first-order valence-corrected chi connectivity index (χ1v) is 10.6. The number of aromatic nitrogens is 5. The lowest BCUT2D eigenvalue weighted by atomic mass is 9.94. The summed E-state index contributed by atoms with van der Waals surface area (Å²) >= 11 is 0. The first kappa shape index (κ1) is 19.1. The number of carbonyl (C=O) groups is 1. The normalized spacial score (nSPS) is 19.8. The largest absolute Gasteiger partial charge is 0.350 e. The van der Waals surface area contributed by atoms with Gasteiger partial charge in [-0.2, -0.15) is 10.2 Å². The fourth-order valence-electron chi connectivity index (χ4n) is 4.43. The Balaban J connectivity index is 1.32. The SMILES string of the molecule is CC(Cn1cncn1)C(=O)NCc1cc2n(n1)CCCN(C1CCCCC1)C2. The van der Waals surface area contributed by atoms with Crippen LogP contribution >= 0.6 is 0 Å². The third kappa shape index (κ3) is 4.60. The van der Waals surface area contributed by atoms with Crippen LogP contribution in [-0.4, -0.2) is 47.9 Å². The number of aryl methyl sites for hydroxylation is 1. The zero-order valence-electron chi connectivity index (χ0n) is 16.8. The average molecular weight is 386 g/mol. The Labute approximate surface area is 166 Å². The van der Waals surface area contributed by atoms with Crippen LogP contribution in [0.4, 0.5) is 0 Å². The maximum absolute atomic E-state index is 12.4. The lowest BCUT2D eigenvalue weighted by Crippen LogP contribution is -2.36. The van der Waals surface area contributed by atoms with Crippen molar-refractivity contribution in [2.75, 3.05) is 6.54 Å². The van der Waals surface area contributed by atoms with Crippen LogP contribution in [0.15, 0.2) is 18.7 Å². The highest BCUT2D eigenvalue weighted by molar-refractivity contribution is 5.78. The lowest BCUT2D eigenvalue weighted by Gasteiger charge is -2.33. The van der Waals surface area contributed by atoms with E-state index in [1.54, 1.807) is 11.0 Å². The van der Waals surface area contributed by atoms with Gasteiger partial charge in [-0.3, -0.25) is 19.1 Å². The minimum Gasteiger partial charge on any atom is -0.350 e. The van der Waals surface area contributed by atoms with E-state index >= 15 is 0 Å². The number of nitrogens with one attached hydrogen (secondary N) is 1. The number of nitrogens with zero attached hydrogens (tertiary/aromatic N) is 6. The molecule has 0 spiro atoms. The summed E-state index contributed by atoms with van der Waals surface area (Å²) in [5, 5.41) is 11.8. The molecule has 28 heavy (non-hydrogen) atoms. The van der Waals surface area contributed by atoms with Gasteiger partial charge in [0.1, 0.15) is 12.7 Å². The molecular weight excluding hydrogens is 354 g/mol. The topological polar surface area (TPSA) is 80.9 Å². The van der Waals surface area contributed by atoms with E-state index in [4.69, 9.17) is 5.10 Å². The van der Waals surface area contributed by atoms with Crippen molar-refractivity contribution < 1.29 is 4.79 Å². The Hall–Kier alpha value is -2.22. The highest BCUT2D eigenvalue weighted by Crippen LogP contribution is 2.26. The second-order valence-corrected chi connectivity index (χ2v) is 8.20. The second kappa shape index (κ2) is 8.86. The minimum absolute atomic E-state index is 0.0162. The van der Waals surface area contributed by atoms with Gasteiger partial charge in [0.05, 0.1) is 30.4 Å². The van der Waals surface area contributed by atoms with Crippen molar-refractivity contribution in [3.8, 4) is 0 Å². The molecule has 8 nitrogen and oxygen atoms in total. The highest BCUT2D eigenvalue weighted by Gasteiger charge is 2.24. The van der Waals surface area contributed by atoms with Crippen LogP contribution in [0.1, 0.15) is 56.8 Å². The van der Waals surface area contributed by atoms with Gasteiger partial charge in [0, 0.05) is 25.7 Å². The predicted octanol–water partition coefficient (Wildman–Crippen LogP) is 1.97. The number of carbonyl (C=O) groups excluding carboxylic acids is 1. The van der Waals surface area contributed by atoms with Crippen molar-refractivity contribution >= 4 is 5.91 Å². The number of hydrogen-bond donors (Lipinski definition) is 1. The monoisotopic (exact) mass is 385 g/mol. The number of fused-ring (bicyclic) bond motifs is 1. The van der Waals surface area contributed by atoms with Crippen molar-refractivity contribution in [2.45, 2.75) is 77.7 Å². The number of rotatable bonds is 6. The van der Waals surface area contributed by atoms with Crippen LogP contribution in [0.3, 0.4) is 0 Å². The van der Waals surface area contributed by atoms with Crippen molar-refractivity contribution in [2.24, 2.45) is 5.92 Å². The van der Waals surface area contributed by atoms with Gasteiger partial charge in [0.2, 0.25) is 5.91 Å². The molecule has 0 aromatic carbocycles. The molecular formula is C20H31N7O. The standard InChI is InChI=1S/C20H31N7O/c1-16(12-26-15-21-14-23-26)20(28)22-11-17-10-19-13-25(8-5-9-27(19)24-17)18-6-3-2-4-7-18/h10,14-16,18H,2-9,11-13H2,1H3,(H,22,28). The van der Waals surface area contributed by atoms with E-state index in [2.05, 4.69) is 31.0 Å². The first-order chi connectivity index (χ1) is 13.7. The molecule has 0 bridgehead atoms. The predicted molar refractivity (Wildman–Crippen MR) is 105 cm³/mol. The third-order valence-corrected chi connectivity index (χ3v) is 6.00. The smallest absolute Gasteiger partial charge is 0.225 e. The molecule has 4 rings (SSSR count). The quantitative estimate of drug-likeness (QED) is 0.822. The van der Waals surface area contributed by atoms with E-state index in [9.17, 15) is 4.79 Å². The molecule has 2 aliphatic rings. The fraction of sp³-hybridized carbons (Fsp3) is 0.700. The van der Waals surface area contributed by atoms with Gasteiger partial charge in [-0.1, -0.05) is 26.2 Å². The van der Waals surface area contributed by atoms with Crippen LogP contribution in [0, 0.1) is 5.92 Å². The van der Waals surface area contributed by atoms with E-state index in [0.717, 1.165) is 31.2 Å². The Kier molecular flexibility index (Phi) is 6.04. The summed E-state index contributed by atoms with van der Waals surface area (Å²) < 4.78 is 3.83. The number of amides is 1. The van der Waals surface area contributed by atoms with Gasteiger partial charge in [0.15, 0.2) is 0 Å². The Morgan fingerprint density at radius 1 is 1.25 bits per heavy atom. The highest BCUT2D eigenvalue weighted by atomic mass is 16.1. The summed E-state index contributed by atoms with van der Waals surface area (Å²) in [5.74, 6) is -0.147. The van der Waals surface area contributed by atoms with Crippen LogP contribution in [-0.2, 0) is 31.0 Å². The third-order valence-electron chi connectivity index (χ3n) is 6.00. The van der Waals surface area contributed by atoms with E-state index in [0.29, 0.717) is 13.1 Å². The molecule has 152 valence electrons. The van der Waals surface area contributed by atoms with Gasteiger partial charge in [0.25, 0.3) is 0 Å². The summed E-state index contributed by atoms with van der Waals surface area (Å²) in [7, 11) is 0. The van der Waals surface area contributed by atoms with Gasteiger partial charge >= 0.3 is 0 Å². The molecule has 1 atom stereocenters. The van der Waals surface area contributed by atoms with Crippen LogP contribution in [0.2, 0.25) is 0 Å². The van der Waals surface area contributed by atoms with Crippen molar-refractivity contribution in [1.82, 2.24) is 34.8 Å². The molecule has 1 unspecified atom stereocenters. The maximum atomic E-state index is 12.4. The molecule has 1 saturated carbocycles. The molecule has 3 heterocycles. The fourth-order valence-corrected chi connectivity index (χ4v) is 4.43. The van der Waals surface area contributed by atoms with Crippen molar-refractivity contribution in [1.29, 1.82) is 0 Å². The van der Waals surface area contributed by atoms with Crippen molar-refractivity contribution in [3.05, 3.63) is 30.1 Å². The van der Waals surface area contributed by atoms with E-state index in [1.165, 1.54) is 50.7 Å². The summed E-state index contributed by atoms with van der Waals surface area (Å²) in [6, 6.07) is 2.90. The first-order valence-electron chi connectivity index (χ1n) is 10.6. The van der Waals surface area contributed by atoms with Gasteiger partial charge < -0.3 is 5.32 Å². The maximum Gasteiger partial charge on any atom is 0.225 e. The molecule has 2 aromatic heterocycles. The Bertz CT molecular complexity index is 764. The summed E-state index contributed by atoms with van der Waals surface area (Å²) in [6.45, 7) is 6.02. The molecule has 8 heteroatoms. The number of hydrogen-bond acceptors (Lipinski definition) is 5. The molecule has 2 aromatic rings. The molecule has 1 fully saturated rings. The molecule has 1 aliphatic carbocycles. The zero-order chi connectivity index (χ0) is 19.3. The van der Waals surface area contributed by atoms with E-state index in [-0.39, 0.29) is 11.8 Å². The lowest BCUT2D eigenvalue weighted by molar-refractivity contribution is -0.125. The van der Waals surface area contributed by atoms with E-state index in [1.807, 2.05) is 6.92 Å². The molecule has 0 saturated heterocycles. The minimum atomic E-state index is -0.163. The Morgan fingerprint density at radius 2 is 2.11 bits per heavy atom. The molecule has 1 amide bonds. The van der Waals surface area contributed by atoms with E-state index < -0.39 is 0 Å². The average Bonchev–Trinajstić information content (AvgIpc) is 3.32. The van der Waals surface area contributed by atoms with Gasteiger partial charge in [-0.05, 0) is 25.3 Å². The summed E-state index contributed by atoms with van der Waals surface area (Å²) in [5.41, 5.74) is 2.23. The van der Waals surface area contributed by atoms with Crippen molar-refractivity contribution in [3.63, 3.8) is 0 Å². The van der Waals surface area contributed by atoms with Crippen LogP contribution < -0.4 is 5.32 Å². The Morgan fingerprint density at radius 3 is 2.89 bits per heavy atom. The van der Waals surface area contributed by atoms with Crippen LogP contribution in [0.5, 0.6) is 0 Å². The second-order valence-electron chi connectivity index (χ2n) is 8.20.